The topological polar surface area (TPSA) is 21.3 Å². The first kappa shape index (κ1) is 16.6. The summed E-state index contributed by atoms with van der Waals surface area (Å²) in [6, 6.07) is 25.7. The van der Waals surface area contributed by atoms with Crippen molar-refractivity contribution in [1.29, 1.82) is 0 Å². The number of hydrogen-bond donors (Lipinski definition) is 1. The molecule has 0 fully saturated rings. The van der Waals surface area contributed by atoms with Gasteiger partial charge in [0.25, 0.3) is 0 Å². The van der Waals surface area contributed by atoms with Crippen LogP contribution in [0.5, 0.6) is 5.75 Å². The Balaban J connectivity index is 1.57. The van der Waals surface area contributed by atoms with Crippen molar-refractivity contribution in [2.75, 3.05) is 6.54 Å². The maximum atomic E-state index is 6.00. The summed E-state index contributed by atoms with van der Waals surface area (Å²) in [5.74, 6) is 0.950. The van der Waals surface area contributed by atoms with E-state index in [1.165, 1.54) is 25.8 Å². The van der Waals surface area contributed by atoms with Crippen LogP contribution in [-0.4, -0.2) is 6.54 Å². The van der Waals surface area contributed by atoms with Gasteiger partial charge in [0.1, 0.15) is 12.4 Å². The Labute approximate surface area is 162 Å². The number of ether oxygens (including phenoxy) is 1. The zero-order chi connectivity index (χ0) is 17.1. The smallest absolute Gasteiger partial charge is 0.120 e. The number of rotatable bonds is 4. The predicted molar refractivity (Wildman–Crippen MR) is 110 cm³/mol. The highest BCUT2D eigenvalue weighted by Crippen LogP contribution is 2.33. The van der Waals surface area contributed by atoms with E-state index in [0.717, 1.165) is 18.7 Å². The lowest BCUT2D eigenvalue weighted by Gasteiger charge is -2.28. The summed E-state index contributed by atoms with van der Waals surface area (Å²) in [7, 11) is 0. The maximum absolute atomic E-state index is 6.00. The van der Waals surface area contributed by atoms with Crippen molar-refractivity contribution in [1.82, 2.24) is 5.32 Å². The highest BCUT2D eigenvalue weighted by molar-refractivity contribution is 14.1. The Morgan fingerprint density at radius 1 is 0.920 bits per heavy atom. The van der Waals surface area contributed by atoms with Crippen molar-refractivity contribution < 1.29 is 4.74 Å². The second-order valence-corrected chi connectivity index (χ2v) is 7.46. The highest BCUT2D eigenvalue weighted by Gasteiger charge is 2.23. The van der Waals surface area contributed by atoms with Crippen LogP contribution < -0.4 is 10.1 Å². The van der Waals surface area contributed by atoms with Crippen molar-refractivity contribution in [2.24, 2.45) is 0 Å². The summed E-state index contributed by atoms with van der Waals surface area (Å²) >= 11 is 2.42. The normalized spacial score (nSPS) is 16.3. The average molecular weight is 441 g/mol. The molecule has 3 aromatic rings. The summed E-state index contributed by atoms with van der Waals surface area (Å²) in [5.41, 5.74) is 5.29. The molecule has 0 aromatic heterocycles. The monoisotopic (exact) mass is 441 g/mol. The van der Waals surface area contributed by atoms with Gasteiger partial charge in [-0.05, 0) is 69.5 Å². The van der Waals surface area contributed by atoms with E-state index >= 15 is 0 Å². The third kappa shape index (κ3) is 3.72. The first-order valence-corrected chi connectivity index (χ1v) is 9.66. The molecule has 126 valence electrons. The van der Waals surface area contributed by atoms with E-state index in [4.69, 9.17) is 4.74 Å². The predicted octanol–water partition coefficient (Wildman–Crippen LogP) is 5.11. The van der Waals surface area contributed by atoms with E-state index in [1.807, 2.05) is 18.2 Å². The van der Waals surface area contributed by atoms with Gasteiger partial charge in [0.2, 0.25) is 0 Å². The lowest BCUT2D eigenvalue weighted by molar-refractivity contribution is 0.305. The molecule has 0 saturated heterocycles. The maximum Gasteiger partial charge on any atom is 0.120 e. The zero-order valence-electron chi connectivity index (χ0n) is 13.9. The second kappa shape index (κ2) is 7.58. The van der Waals surface area contributed by atoms with Crippen LogP contribution in [-0.2, 0) is 13.0 Å². The van der Waals surface area contributed by atoms with Gasteiger partial charge in [-0.1, -0.05) is 54.6 Å². The summed E-state index contributed by atoms with van der Waals surface area (Å²) in [4.78, 5) is 0. The van der Waals surface area contributed by atoms with Crippen molar-refractivity contribution in [2.45, 2.75) is 19.1 Å². The van der Waals surface area contributed by atoms with E-state index in [0.29, 0.717) is 6.61 Å². The third-order valence-corrected chi connectivity index (χ3v) is 5.62. The van der Waals surface area contributed by atoms with Gasteiger partial charge < -0.3 is 10.1 Å². The van der Waals surface area contributed by atoms with Crippen molar-refractivity contribution >= 4 is 22.6 Å². The van der Waals surface area contributed by atoms with Gasteiger partial charge in [-0.3, -0.25) is 0 Å². The molecule has 2 nitrogen and oxygen atoms in total. The Morgan fingerprint density at radius 2 is 1.72 bits per heavy atom. The van der Waals surface area contributed by atoms with Gasteiger partial charge in [-0.25, -0.2) is 0 Å². The lowest BCUT2D eigenvalue weighted by atomic mass is 9.90. The molecule has 4 rings (SSSR count). The fourth-order valence-corrected chi connectivity index (χ4v) is 4.06. The van der Waals surface area contributed by atoms with Gasteiger partial charge in [-0.2, -0.15) is 0 Å². The molecule has 1 heterocycles. The van der Waals surface area contributed by atoms with Gasteiger partial charge in [0, 0.05) is 10.1 Å². The van der Waals surface area contributed by atoms with Gasteiger partial charge >= 0.3 is 0 Å². The Kier molecular flexibility index (Phi) is 5.04. The molecule has 1 aliphatic rings. The van der Waals surface area contributed by atoms with Crippen LogP contribution in [0.15, 0.2) is 72.8 Å². The van der Waals surface area contributed by atoms with Gasteiger partial charge in [0.05, 0.1) is 6.04 Å². The van der Waals surface area contributed by atoms with Crippen LogP contribution in [0.25, 0.3) is 0 Å². The Morgan fingerprint density at radius 3 is 2.56 bits per heavy atom. The number of benzene rings is 3. The number of nitrogens with one attached hydrogen (secondary N) is 1. The molecular weight excluding hydrogens is 421 g/mol. The Hall–Kier alpha value is -1.85. The van der Waals surface area contributed by atoms with E-state index in [-0.39, 0.29) is 6.04 Å². The summed E-state index contributed by atoms with van der Waals surface area (Å²) in [6.45, 7) is 1.60. The van der Waals surface area contributed by atoms with Crippen LogP contribution in [0, 0.1) is 3.57 Å². The molecule has 1 N–H and O–H groups in total. The molecule has 1 atom stereocenters. The number of halogens is 1. The number of hydrogen-bond acceptors (Lipinski definition) is 2. The van der Waals surface area contributed by atoms with Crippen molar-refractivity contribution in [3.8, 4) is 5.75 Å². The van der Waals surface area contributed by atoms with Crippen LogP contribution in [0.2, 0.25) is 0 Å². The summed E-state index contributed by atoms with van der Waals surface area (Å²) in [6.07, 6.45) is 1.04. The molecule has 0 bridgehead atoms. The SMILES string of the molecule is Ic1ccccc1C1NCCc2cc(OCc3ccccc3)ccc21. The van der Waals surface area contributed by atoms with Crippen LogP contribution in [0.1, 0.15) is 28.3 Å². The Bertz CT molecular complexity index is 863. The van der Waals surface area contributed by atoms with Crippen LogP contribution >= 0.6 is 22.6 Å². The minimum Gasteiger partial charge on any atom is -0.489 e. The highest BCUT2D eigenvalue weighted by atomic mass is 127. The van der Waals surface area contributed by atoms with Gasteiger partial charge in [0.15, 0.2) is 0 Å². The molecule has 0 radical (unpaired) electrons. The largest absolute Gasteiger partial charge is 0.489 e. The second-order valence-electron chi connectivity index (χ2n) is 6.29. The lowest BCUT2D eigenvalue weighted by Crippen LogP contribution is -2.31. The van der Waals surface area contributed by atoms with Crippen molar-refractivity contribution in [3.05, 3.63) is 98.6 Å². The molecule has 0 spiro atoms. The summed E-state index contributed by atoms with van der Waals surface area (Å²) < 4.78 is 7.30. The van der Waals surface area contributed by atoms with E-state index in [9.17, 15) is 0 Å². The van der Waals surface area contributed by atoms with Crippen molar-refractivity contribution in [3.63, 3.8) is 0 Å². The molecule has 0 saturated carbocycles. The first-order valence-electron chi connectivity index (χ1n) is 8.58. The standard InChI is InChI=1S/C22H20INO/c23-21-9-5-4-8-20(21)22-19-11-10-18(14-17(19)12-13-24-22)25-15-16-6-2-1-3-7-16/h1-11,14,22,24H,12-13,15H2. The minimum absolute atomic E-state index is 0.264. The third-order valence-electron chi connectivity index (χ3n) is 4.63. The molecule has 1 unspecified atom stereocenters. The van der Waals surface area contributed by atoms with Gasteiger partial charge in [-0.15, -0.1) is 0 Å². The number of fused-ring (bicyclic) bond motifs is 1. The molecule has 0 amide bonds. The van der Waals surface area contributed by atoms with Crippen LogP contribution in [0.4, 0.5) is 0 Å². The minimum atomic E-state index is 0.264. The molecule has 25 heavy (non-hydrogen) atoms. The van der Waals surface area contributed by atoms with E-state index in [2.05, 4.69) is 82.5 Å². The van der Waals surface area contributed by atoms with E-state index in [1.54, 1.807) is 0 Å². The molecule has 3 aromatic carbocycles. The quantitative estimate of drug-likeness (QED) is 0.569. The average Bonchev–Trinajstić information content (AvgIpc) is 2.67. The fraction of sp³-hybridized carbons (Fsp3) is 0.182. The first-order chi connectivity index (χ1) is 12.3. The van der Waals surface area contributed by atoms with Crippen LogP contribution in [0.3, 0.4) is 0 Å². The molecule has 1 aliphatic heterocycles. The fourth-order valence-electron chi connectivity index (χ4n) is 3.36. The zero-order valence-corrected chi connectivity index (χ0v) is 16.1. The summed E-state index contributed by atoms with van der Waals surface area (Å²) in [5, 5.41) is 3.66. The molecule has 0 aliphatic carbocycles. The van der Waals surface area contributed by atoms with E-state index < -0.39 is 0 Å². The molecular formula is C22H20INO. The molecule has 3 heteroatoms.